The van der Waals surface area contributed by atoms with Gasteiger partial charge in [0.25, 0.3) is 5.91 Å². The van der Waals surface area contributed by atoms with Gasteiger partial charge >= 0.3 is 0 Å². The SMILES string of the molecule is CNC(=O)c1c(N)nsc1NC1CCSC1. The molecule has 1 amide bonds. The third-order valence-corrected chi connectivity index (χ3v) is 4.39. The van der Waals surface area contributed by atoms with E-state index in [1.54, 1.807) is 7.05 Å². The molecule has 2 heterocycles. The van der Waals surface area contributed by atoms with Crippen LogP contribution in [0.5, 0.6) is 0 Å². The Labute approximate surface area is 102 Å². The Kier molecular flexibility index (Phi) is 3.55. The van der Waals surface area contributed by atoms with E-state index in [-0.39, 0.29) is 5.91 Å². The minimum atomic E-state index is -0.181. The van der Waals surface area contributed by atoms with Crippen LogP contribution in [0.4, 0.5) is 10.8 Å². The highest BCUT2D eigenvalue weighted by Crippen LogP contribution is 2.29. The van der Waals surface area contributed by atoms with Crippen LogP contribution in [-0.4, -0.2) is 34.9 Å². The van der Waals surface area contributed by atoms with Crippen molar-refractivity contribution < 1.29 is 4.79 Å². The Morgan fingerprint density at radius 1 is 1.62 bits per heavy atom. The maximum Gasteiger partial charge on any atom is 0.257 e. The van der Waals surface area contributed by atoms with Crippen LogP contribution in [0.25, 0.3) is 0 Å². The molecule has 88 valence electrons. The molecular weight excluding hydrogens is 244 g/mol. The van der Waals surface area contributed by atoms with Crippen molar-refractivity contribution in [3.05, 3.63) is 5.56 Å². The van der Waals surface area contributed by atoms with Crippen molar-refractivity contribution in [1.29, 1.82) is 0 Å². The number of nitrogen functional groups attached to an aromatic ring is 1. The first kappa shape index (κ1) is 11.5. The number of nitrogens with one attached hydrogen (secondary N) is 2. The molecule has 0 saturated carbocycles. The fourth-order valence-electron chi connectivity index (χ4n) is 1.58. The Balaban J connectivity index is 2.16. The molecule has 1 atom stereocenters. The van der Waals surface area contributed by atoms with Crippen LogP contribution in [0.2, 0.25) is 0 Å². The molecule has 1 aliphatic heterocycles. The number of amides is 1. The number of aromatic nitrogens is 1. The molecule has 0 radical (unpaired) electrons. The highest BCUT2D eigenvalue weighted by atomic mass is 32.2. The van der Waals surface area contributed by atoms with Gasteiger partial charge in [-0.3, -0.25) is 4.79 Å². The normalized spacial score (nSPS) is 19.7. The topological polar surface area (TPSA) is 80.0 Å². The van der Waals surface area contributed by atoms with E-state index >= 15 is 0 Å². The second-order valence-electron chi connectivity index (χ2n) is 3.56. The molecule has 1 aliphatic rings. The van der Waals surface area contributed by atoms with Crippen molar-refractivity contribution in [2.75, 3.05) is 29.6 Å². The van der Waals surface area contributed by atoms with Crippen LogP contribution in [-0.2, 0) is 0 Å². The van der Waals surface area contributed by atoms with Crippen LogP contribution >= 0.6 is 23.3 Å². The first-order valence-corrected chi connectivity index (χ1v) is 6.96. The third-order valence-electron chi connectivity index (χ3n) is 2.44. The number of rotatable bonds is 3. The first-order valence-electron chi connectivity index (χ1n) is 5.04. The quantitative estimate of drug-likeness (QED) is 0.754. The molecule has 1 fully saturated rings. The summed E-state index contributed by atoms with van der Waals surface area (Å²) in [6, 6.07) is 0.424. The van der Waals surface area contributed by atoms with Gasteiger partial charge in [0.15, 0.2) is 5.82 Å². The number of anilines is 2. The molecular formula is C9H14N4OS2. The summed E-state index contributed by atoms with van der Waals surface area (Å²) in [4.78, 5) is 11.6. The van der Waals surface area contributed by atoms with Gasteiger partial charge in [-0.15, -0.1) is 0 Å². The van der Waals surface area contributed by atoms with Gasteiger partial charge < -0.3 is 16.4 Å². The molecule has 0 bridgehead atoms. The fourth-order valence-corrected chi connectivity index (χ4v) is 3.52. The van der Waals surface area contributed by atoms with E-state index in [2.05, 4.69) is 15.0 Å². The van der Waals surface area contributed by atoms with Gasteiger partial charge in [-0.25, -0.2) is 0 Å². The van der Waals surface area contributed by atoms with Gasteiger partial charge in [0, 0.05) is 18.8 Å². The van der Waals surface area contributed by atoms with Crippen LogP contribution in [0.1, 0.15) is 16.8 Å². The van der Waals surface area contributed by atoms with Crippen LogP contribution in [0.3, 0.4) is 0 Å². The zero-order valence-corrected chi connectivity index (χ0v) is 10.6. The molecule has 1 saturated heterocycles. The maximum absolute atomic E-state index is 11.6. The summed E-state index contributed by atoms with van der Waals surface area (Å²) in [7, 11) is 1.59. The Morgan fingerprint density at radius 3 is 3.06 bits per heavy atom. The smallest absolute Gasteiger partial charge is 0.257 e. The van der Waals surface area contributed by atoms with E-state index in [0.29, 0.717) is 17.4 Å². The van der Waals surface area contributed by atoms with Crippen LogP contribution < -0.4 is 16.4 Å². The Hall–Kier alpha value is -0.950. The largest absolute Gasteiger partial charge is 0.382 e. The van der Waals surface area contributed by atoms with Gasteiger partial charge in [0.05, 0.1) is 0 Å². The molecule has 2 rings (SSSR count). The van der Waals surface area contributed by atoms with E-state index < -0.39 is 0 Å². The summed E-state index contributed by atoms with van der Waals surface area (Å²) < 4.78 is 4.02. The summed E-state index contributed by atoms with van der Waals surface area (Å²) in [5, 5.41) is 6.70. The van der Waals surface area contributed by atoms with Crippen molar-refractivity contribution in [3.63, 3.8) is 0 Å². The molecule has 1 aromatic heterocycles. The van der Waals surface area contributed by atoms with Crippen molar-refractivity contribution in [2.24, 2.45) is 0 Å². The molecule has 4 N–H and O–H groups in total. The standard InChI is InChI=1S/C9H14N4OS2/c1-11-8(14)6-7(10)13-16-9(6)12-5-2-3-15-4-5/h5,12H,2-4H2,1H3,(H2,10,13)(H,11,14). The highest BCUT2D eigenvalue weighted by Gasteiger charge is 2.22. The summed E-state index contributed by atoms with van der Waals surface area (Å²) in [6.07, 6.45) is 1.12. The number of thioether (sulfide) groups is 1. The summed E-state index contributed by atoms with van der Waals surface area (Å²) in [5.41, 5.74) is 6.16. The average molecular weight is 258 g/mol. The highest BCUT2D eigenvalue weighted by molar-refractivity contribution is 7.99. The maximum atomic E-state index is 11.6. The Bertz CT molecular complexity index is 387. The van der Waals surface area contributed by atoms with Crippen molar-refractivity contribution in [3.8, 4) is 0 Å². The average Bonchev–Trinajstić information content (AvgIpc) is 2.89. The molecule has 7 heteroatoms. The number of nitrogens with zero attached hydrogens (tertiary/aromatic N) is 1. The van der Waals surface area contributed by atoms with Crippen LogP contribution in [0, 0.1) is 0 Å². The van der Waals surface area contributed by atoms with E-state index in [9.17, 15) is 4.79 Å². The third kappa shape index (κ3) is 2.25. The van der Waals surface area contributed by atoms with Crippen molar-refractivity contribution in [1.82, 2.24) is 9.69 Å². The van der Waals surface area contributed by atoms with Gasteiger partial charge in [0.2, 0.25) is 0 Å². The van der Waals surface area contributed by atoms with Gasteiger partial charge in [0.1, 0.15) is 10.6 Å². The predicted octanol–water partition coefficient (Wildman–Crippen LogP) is 1.00. The molecule has 5 nitrogen and oxygen atoms in total. The lowest BCUT2D eigenvalue weighted by molar-refractivity contribution is 0.0965. The number of hydrogen-bond acceptors (Lipinski definition) is 6. The fraction of sp³-hybridized carbons (Fsp3) is 0.556. The van der Waals surface area contributed by atoms with E-state index in [1.807, 2.05) is 11.8 Å². The monoisotopic (exact) mass is 258 g/mol. The van der Waals surface area contributed by atoms with E-state index in [1.165, 1.54) is 17.3 Å². The lowest BCUT2D eigenvalue weighted by atomic mass is 10.2. The molecule has 0 aromatic carbocycles. The van der Waals surface area contributed by atoms with Gasteiger partial charge in [-0.1, -0.05) is 0 Å². The zero-order chi connectivity index (χ0) is 11.5. The van der Waals surface area contributed by atoms with Crippen LogP contribution in [0.15, 0.2) is 0 Å². The lowest BCUT2D eigenvalue weighted by Gasteiger charge is -2.11. The van der Waals surface area contributed by atoms with Crippen molar-refractivity contribution >= 4 is 40.0 Å². The summed E-state index contributed by atoms with van der Waals surface area (Å²) in [5.74, 6) is 2.36. The number of hydrogen-bond donors (Lipinski definition) is 3. The van der Waals surface area contributed by atoms with E-state index in [0.717, 1.165) is 17.2 Å². The molecule has 16 heavy (non-hydrogen) atoms. The summed E-state index contributed by atoms with van der Waals surface area (Å²) in [6.45, 7) is 0. The molecule has 0 spiro atoms. The predicted molar refractivity (Wildman–Crippen MR) is 69.3 cm³/mol. The molecule has 1 unspecified atom stereocenters. The Morgan fingerprint density at radius 2 is 2.44 bits per heavy atom. The number of carbonyl (C=O) groups excluding carboxylic acids is 1. The van der Waals surface area contributed by atoms with Crippen molar-refractivity contribution in [2.45, 2.75) is 12.5 Å². The van der Waals surface area contributed by atoms with Gasteiger partial charge in [-0.2, -0.15) is 16.1 Å². The molecule has 0 aliphatic carbocycles. The summed E-state index contributed by atoms with van der Waals surface area (Å²) >= 11 is 3.17. The second-order valence-corrected chi connectivity index (χ2v) is 5.48. The number of carbonyl (C=O) groups is 1. The first-order chi connectivity index (χ1) is 7.72. The minimum Gasteiger partial charge on any atom is -0.382 e. The number of nitrogens with two attached hydrogens (primary N) is 1. The molecule has 1 aromatic rings. The minimum absolute atomic E-state index is 0.181. The second kappa shape index (κ2) is 4.92. The van der Waals surface area contributed by atoms with Gasteiger partial charge in [-0.05, 0) is 23.7 Å². The zero-order valence-electron chi connectivity index (χ0n) is 8.95. The van der Waals surface area contributed by atoms with E-state index in [4.69, 9.17) is 5.73 Å². The lowest BCUT2D eigenvalue weighted by Crippen LogP contribution is -2.23.